The first-order chi connectivity index (χ1) is 14.3. The highest BCUT2D eigenvalue weighted by Gasteiger charge is 2.44. The van der Waals surface area contributed by atoms with Gasteiger partial charge < -0.3 is 19.7 Å². The lowest BCUT2D eigenvalue weighted by molar-refractivity contribution is -0.907. The van der Waals surface area contributed by atoms with Crippen LogP contribution in [0.15, 0.2) is 36.4 Å². The minimum Gasteiger partial charge on any atom is -0.493 e. The normalized spacial score (nSPS) is 19.4. The van der Waals surface area contributed by atoms with Crippen LogP contribution in [-0.2, 0) is 22.6 Å². The molecule has 4 rings (SSSR count). The van der Waals surface area contributed by atoms with Crippen molar-refractivity contribution in [3.8, 4) is 11.5 Å². The Labute approximate surface area is 176 Å². The van der Waals surface area contributed by atoms with Gasteiger partial charge in [-0.3, -0.25) is 14.5 Å². The molecule has 1 unspecified atom stereocenters. The number of para-hydroxylation sites is 2. The van der Waals surface area contributed by atoms with Crippen molar-refractivity contribution in [2.75, 3.05) is 37.5 Å². The highest BCUT2D eigenvalue weighted by Crippen LogP contribution is 2.36. The molecule has 7 heteroatoms. The smallest absolute Gasteiger partial charge is 0.283 e. The van der Waals surface area contributed by atoms with Crippen molar-refractivity contribution < 1.29 is 24.0 Å². The van der Waals surface area contributed by atoms with E-state index in [0.717, 1.165) is 36.5 Å². The monoisotopic (exact) mass is 410 g/mol. The van der Waals surface area contributed by atoms with Gasteiger partial charge in [-0.25, -0.2) is 0 Å². The molecule has 7 nitrogen and oxygen atoms in total. The van der Waals surface area contributed by atoms with E-state index in [-0.39, 0.29) is 11.8 Å². The van der Waals surface area contributed by atoms with Gasteiger partial charge in [-0.1, -0.05) is 12.1 Å². The third-order valence-corrected chi connectivity index (χ3v) is 6.05. The van der Waals surface area contributed by atoms with Crippen LogP contribution >= 0.6 is 0 Å². The van der Waals surface area contributed by atoms with E-state index < -0.39 is 5.54 Å². The molecule has 0 aromatic heterocycles. The van der Waals surface area contributed by atoms with E-state index in [2.05, 4.69) is 5.32 Å². The molecule has 2 heterocycles. The summed E-state index contributed by atoms with van der Waals surface area (Å²) in [5.74, 6) is 1.20. The molecule has 2 aliphatic heterocycles. The molecule has 0 radical (unpaired) electrons. The minimum atomic E-state index is -0.949. The SMILES string of the molecule is COc1cc2c(cc1OC)C[NH+](CC(=O)N1c3ccccc3NC(=O)C1(C)C)CC2. The molecule has 2 aliphatic rings. The summed E-state index contributed by atoms with van der Waals surface area (Å²) in [6, 6.07) is 11.5. The molecule has 0 aliphatic carbocycles. The molecule has 0 spiro atoms. The fourth-order valence-electron chi connectivity index (χ4n) is 4.37. The number of ether oxygens (including phenoxy) is 2. The van der Waals surface area contributed by atoms with Gasteiger partial charge >= 0.3 is 0 Å². The Kier molecular flexibility index (Phi) is 5.15. The summed E-state index contributed by atoms with van der Waals surface area (Å²) >= 11 is 0. The van der Waals surface area contributed by atoms with Crippen molar-refractivity contribution in [3.05, 3.63) is 47.5 Å². The van der Waals surface area contributed by atoms with Gasteiger partial charge in [0.15, 0.2) is 18.0 Å². The standard InChI is InChI=1S/C23H27N3O4/c1-23(2)22(28)24-17-7-5-6-8-18(17)26(23)21(27)14-25-10-9-15-11-19(29-3)20(30-4)12-16(15)13-25/h5-8,11-12H,9-10,13-14H2,1-4H3,(H,24,28)/p+1. The maximum absolute atomic E-state index is 13.4. The highest BCUT2D eigenvalue weighted by atomic mass is 16.5. The Morgan fingerprint density at radius 2 is 1.80 bits per heavy atom. The molecule has 2 amide bonds. The van der Waals surface area contributed by atoms with Crippen LogP contribution in [0.25, 0.3) is 0 Å². The number of anilines is 2. The molecular weight excluding hydrogens is 382 g/mol. The number of carbonyl (C=O) groups is 2. The molecule has 2 N–H and O–H groups in total. The lowest BCUT2D eigenvalue weighted by atomic mass is 9.95. The van der Waals surface area contributed by atoms with Gasteiger partial charge in [-0.05, 0) is 43.7 Å². The number of nitrogens with zero attached hydrogens (tertiary/aromatic N) is 1. The minimum absolute atomic E-state index is 0.0544. The number of quaternary nitrogens is 1. The van der Waals surface area contributed by atoms with Gasteiger partial charge in [-0.15, -0.1) is 0 Å². The molecule has 158 valence electrons. The van der Waals surface area contributed by atoms with Gasteiger partial charge in [0.05, 0.1) is 32.1 Å². The average molecular weight is 410 g/mol. The predicted octanol–water partition coefficient (Wildman–Crippen LogP) is 1.41. The molecule has 2 aromatic rings. The van der Waals surface area contributed by atoms with E-state index >= 15 is 0 Å². The zero-order valence-corrected chi connectivity index (χ0v) is 17.9. The summed E-state index contributed by atoms with van der Waals surface area (Å²) in [6.07, 6.45) is 0.860. The quantitative estimate of drug-likeness (QED) is 0.800. The molecule has 0 bridgehead atoms. The van der Waals surface area contributed by atoms with Crippen molar-refractivity contribution in [1.82, 2.24) is 0 Å². The first-order valence-corrected chi connectivity index (χ1v) is 10.2. The summed E-state index contributed by atoms with van der Waals surface area (Å²) in [6.45, 7) is 5.46. The van der Waals surface area contributed by atoms with E-state index in [1.54, 1.807) is 33.0 Å². The maximum Gasteiger partial charge on any atom is 0.283 e. The van der Waals surface area contributed by atoms with E-state index in [0.29, 0.717) is 18.0 Å². The van der Waals surface area contributed by atoms with Crippen LogP contribution < -0.4 is 24.6 Å². The molecule has 0 fully saturated rings. The number of amides is 2. The summed E-state index contributed by atoms with van der Waals surface area (Å²) in [5, 5.41) is 2.91. The Bertz CT molecular complexity index is 1000. The third kappa shape index (κ3) is 3.39. The number of fused-ring (bicyclic) bond motifs is 2. The van der Waals surface area contributed by atoms with Gasteiger partial charge in [0, 0.05) is 12.0 Å². The molecule has 30 heavy (non-hydrogen) atoms. The van der Waals surface area contributed by atoms with Crippen molar-refractivity contribution >= 4 is 23.2 Å². The Balaban J connectivity index is 1.57. The summed E-state index contributed by atoms with van der Waals surface area (Å²) in [4.78, 5) is 28.9. The number of rotatable bonds is 4. The van der Waals surface area contributed by atoms with Gasteiger partial charge in [0.25, 0.3) is 5.91 Å². The number of methoxy groups -OCH3 is 2. The van der Waals surface area contributed by atoms with Crippen LogP contribution in [0.1, 0.15) is 25.0 Å². The van der Waals surface area contributed by atoms with E-state index in [1.807, 2.05) is 36.4 Å². The molecule has 0 saturated heterocycles. The third-order valence-electron chi connectivity index (χ3n) is 6.05. The first-order valence-electron chi connectivity index (χ1n) is 10.2. The van der Waals surface area contributed by atoms with Gasteiger partial charge in [0.1, 0.15) is 12.1 Å². The second kappa shape index (κ2) is 7.65. The zero-order chi connectivity index (χ0) is 21.5. The topological polar surface area (TPSA) is 72.3 Å². The molecule has 2 aromatic carbocycles. The molecule has 0 saturated carbocycles. The van der Waals surface area contributed by atoms with Crippen LogP contribution in [0.3, 0.4) is 0 Å². The Hall–Kier alpha value is -3.06. The number of benzene rings is 2. The largest absolute Gasteiger partial charge is 0.493 e. The van der Waals surface area contributed by atoms with Gasteiger partial charge in [-0.2, -0.15) is 0 Å². The van der Waals surface area contributed by atoms with Crippen molar-refractivity contribution in [2.45, 2.75) is 32.4 Å². The lowest BCUT2D eigenvalue weighted by Gasteiger charge is -2.42. The number of hydrogen-bond donors (Lipinski definition) is 2. The van der Waals surface area contributed by atoms with E-state index in [9.17, 15) is 9.59 Å². The van der Waals surface area contributed by atoms with Crippen LogP contribution in [-0.4, -0.2) is 44.7 Å². The van der Waals surface area contributed by atoms with E-state index in [4.69, 9.17) is 9.47 Å². The number of carbonyl (C=O) groups excluding carboxylic acids is 2. The second-order valence-electron chi connectivity index (χ2n) is 8.34. The summed E-state index contributed by atoms with van der Waals surface area (Å²) in [5.41, 5.74) is 2.86. The average Bonchev–Trinajstić information content (AvgIpc) is 2.73. The second-order valence-corrected chi connectivity index (χ2v) is 8.34. The number of nitrogens with one attached hydrogen (secondary N) is 2. The lowest BCUT2D eigenvalue weighted by Crippen LogP contribution is -3.13. The first kappa shape index (κ1) is 20.2. The van der Waals surface area contributed by atoms with Crippen LogP contribution in [0.5, 0.6) is 11.5 Å². The zero-order valence-electron chi connectivity index (χ0n) is 17.9. The summed E-state index contributed by atoms with van der Waals surface area (Å²) in [7, 11) is 3.26. The fourth-order valence-corrected chi connectivity index (χ4v) is 4.37. The number of hydrogen-bond acceptors (Lipinski definition) is 4. The summed E-state index contributed by atoms with van der Waals surface area (Å²) < 4.78 is 10.8. The fraction of sp³-hybridized carbons (Fsp3) is 0.391. The van der Waals surface area contributed by atoms with Crippen molar-refractivity contribution in [1.29, 1.82) is 0 Å². The van der Waals surface area contributed by atoms with Crippen molar-refractivity contribution in [3.63, 3.8) is 0 Å². The molecular formula is C23H28N3O4+. The predicted molar refractivity (Wildman–Crippen MR) is 114 cm³/mol. The van der Waals surface area contributed by atoms with Crippen LogP contribution in [0, 0.1) is 0 Å². The van der Waals surface area contributed by atoms with Crippen LogP contribution in [0.4, 0.5) is 11.4 Å². The van der Waals surface area contributed by atoms with Crippen LogP contribution in [0.2, 0.25) is 0 Å². The Morgan fingerprint density at radius 1 is 1.13 bits per heavy atom. The van der Waals surface area contributed by atoms with E-state index in [1.165, 1.54) is 10.5 Å². The van der Waals surface area contributed by atoms with Crippen molar-refractivity contribution in [2.24, 2.45) is 0 Å². The highest BCUT2D eigenvalue weighted by molar-refractivity contribution is 6.14. The maximum atomic E-state index is 13.4. The molecule has 1 atom stereocenters. The Morgan fingerprint density at radius 3 is 2.50 bits per heavy atom. The van der Waals surface area contributed by atoms with Gasteiger partial charge in [0.2, 0.25) is 5.91 Å².